The summed E-state index contributed by atoms with van der Waals surface area (Å²) in [6.07, 6.45) is 5.24. The van der Waals surface area contributed by atoms with Gasteiger partial charge in [-0.3, -0.25) is 4.98 Å². The highest BCUT2D eigenvalue weighted by molar-refractivity contribution is 6.30. The maximum atomic E-state index is 6.11. The summed E-state index contributed by atoms with van der Waals surface area (Å²) >= 11 is 6.11. The number of hydrogen-bond acceptors (Lipinski definition) is 2. The summed E-state index contributed by atoms with van der Waals surface area (Å²) < 4.78 is 0. The van der Waals surface area contributed by atoms with E-state index in [1.165, 1.54) is 23.2 Å². The van der Waals surface area contributed by atoms with E-state index >= 15 is 0 Å². The first kappa shape index (κ1) is 14.6. The topological polar surface area (TPSA) is 24.9 Å². The van der Waals surface area contributed by atoms with Crippen LogP contribution in [0.3, 0.4) is 0 Å². The number of aromatic nitrogens is 1. The van der Waals surface area contributed by atoms with Crippen molar-refractivity contribution in [2.45, 2.75) is 38.1 Å². The molecule has 2 unspecified atom stereocenters. The second kappa shape index (κ2) is 6.59. The molecule has 1 heterocycles. The Hall–Kier alpha value is -1.38. The Kier molecular flexibility index (Phi) is 4.57. The van der Waals surface area contributed by atoms with E-state index in [0.717, 1.165) is 24.4 Å². The molecule has 0 radical (unpaired) electrons. The zero-order valence-corrected chi connectivity index (χ0v) is 13.1. The van der Waals surface area contributed by atoms with Crippen molar-refractivity contribution in [2.24, 2.45) is 0 Å². The lowest BCUT2D eigenvalue weighted by atomic mass is 9.91. The summed E-state index contributed by atoms with van der Waals surface area (Å²) in [5.41, 5.74) is 3.99. The zero-order valence-electron chi connectivity index (χ0n) is 12.3. The molecule has 0 spiro atoms. The van der Waals surface area contributed by atoms with E-state index in [1.54, 1.807) is 0 Å². The van der Waals surface area contributed by atoms with Gasteiger partial charge in [0.05, 0.1) is 0 Å². The average Bonchev–Trinajstić information content (AvgIpc) is 2.91. The molecule has 0 bridgehead atoms. The second-order valence-electron chi connectivity index (χ2n) is 5.69. The van der Waals surface area contributed by atoms with Crippen LogP contribution in [0.4, 0.5) is 0 Å². The minimum absolute atomic E-state index is 0.421. The quantitative estimate of drug-likeness (QED) is 0.903. The maximum Gasteiger partial charge on any atom is 0.0482 e. The van der Waals surface area contributed by atoms with Crippen LogP contribution in [0.15, 0.2) is 42.6 Å². The molecule has 1 aromatic carbocycles. The van der Waals surface area contributed by atoms with Crippen molar-refractivity contribution in [3.63, 3.8) is 0 Å². The average molecular weight is 301 g/mol. The van der Waals surface area contributed by atoms with Gasteiger partial charge >= 0.3 is 0 Å². The number of nitrogens with zero attached hydrogens (tertiary/aromatic N) is 1. The number of aryl methyl sites for hydroxylation is 1. The molecule has 2 atom stereocenters. The van der Waals surface area contributed by atoms with E-state index in [9.17, 15) is 0 Å². The third-order valence-electron chi connectivity index (χ3n) is 4.30. The number of nitrogens with one attached hydrogen (secondary N) is 1. The number of rotatable bonds is 5. The van der Waals surface area contributed by atoms with Crippen molar-refractivity contribution in [3.8, 4) is 0 Å². The Morgan fingerprint density at radius 3 is 3.05 bits per heavy atom. The van der Waals surface area contributed by atoms with Gasteiger partial charge in [0.15, 0.2) is 0 Å². The lowest BCUT2D eigenvalue weighted by molar-refractivity contribution is 0.430. The molecule has 1 aliphatic carbocycles. The molecule has 1 aliphatic rings. The van der Waals surface area contributed by atoms with Crippen LogP contribution < -0.4 is 5.32 Å². The monoisotopic (exact) mass is 300 g/mol. The van der Waals surface area contributed by atoms with Crippen LogP contribution in [0.5, 0.6) is 0 Å². The molecule has 3 heteroatoms. The summed E-state index contributed by atoms with van der Waals surface area (Å²) in [5.74, 6) is 0.500. The zero-order chi connectivity index (χ0) is 14.7. The summed E-state index contributed by atoms with van der Waals surface area (Å²) in [5, 5.41) is 4.46. The molecule has 1 aromatic heterocycles. The van der Waals surface area contributed by atoms with Crippen LogP contribution in [0, 0.1) is 0 Å². The Labute approximate surface area is 131 Å². The van der Waals surface area contributed by atoms with E-state index in [2.05, 4.69) is 35.4 Å². The molecule has 110 valence electrons. The fourth-order valence-corrected chi connectivity index (χ4v) is 3.59. The standard InChI is InChI=1S/C18H21ClN2/c1-2-20-17(12-13-5-3-7-15(19)11-13)16-9-8-14-6-4-10-21-18(14)16/h3-7,10-11,16-17,20H,2,8-9,12H2,1H3. The number of fused-ring (bicyclic) bond motifs is 1. The first-order valence-corrected chi connectivity index (χ1v) is 8.07. The van der Waals surface area contributed by atoms with Crippen LogP contribution in [-0.2, 0) is 12.8 Å². The molecule has 0 aliphatic heterocycles. The predicted octanol–water partition coefficient (Wildman–Crippen LogP) is 3.99. The van der Waals surface area contributed by atoms with Crippen LogP contribution in [0.25, 0.3) is 0 Å². The molecule has 0 fully saturated rings. The summed E-state index contributed by atoms with van der Waals surface area (Å²) in [7, 11) is 0. The van der Waals surface area contributed by atoms with Crippen LogP contribution in [0.2, 0.25) is 5.02 Å². The summed E-state index contributed by atoms with van der Waals surface area (Å²) in [4.78, 5) is 4.64. The first-order chi connectivity index (χ1) is 10.3. The van der Waals surface area contributed by atoms with E-state index in [-0.39, 0.29) is 0 Å². The summed E-state index contributed by atoms with van der Waals surface area (Å²) in [6, 6.07) is 12.9. The number of benzene rings is 1. The van der Waals surface area contributed by atoms with Crippen molar-refractivity contribution in [1.82, 2.24) is 10.3 Å². The molecular weight excluding hydrogens is 280 g/mol. The molecule has 2 nitrogen and oxygen atoms in total. The molecule has 0 saturated carbocycles. The lowest BCUT2D eigenvalue weighted by Crippen LogP contribution is -2.36. The highest BCUT2D eigenvalue weighted by atomic mass is 35.5. The Morgan fingerprint density at radius 2 is 2.24 bits per heavy atom. The lowest BCUT2D eigenvalue weighted by Gasteiger charge is -2.25. The molecule has 21 heavy (non-hydrogen) atoms. The highest BCUT2D eigenvalue weighted by Gasteiger charge is 2.30. The van der Waals surface area contributed by atoms with Crippen molar-refractivity contribution in [2.75, 3.05) is 6.54 Å². The molecule has 1 N–H and O–H groups in total. The van der Waals surface area contributed by atoms with E-state index in [4.69, 9.17) is 11.6 Å². The predicted molar refractivity (Wildman–Crippen MR) is 87.9 cm³/mol. The molecular formula is C18H21ClN2. The van der Waals surface area contributed by atoms with E-state index in [0.29, 0.717) is 12.0 Å². The normalized spacial score (nSPS) is 18.5. The van der Waals surface area contributed by atoms with Gasteiger partial charge in [-0.25, -0.2) is 0 Å². The van der Waals surface area contributed by atoms with Gasteiger partial charge in [-0.1, -0.05) is 36.7 Å². The largest absolute Gasteiger partial charge is 0.313 e. The van der Waals surface area contributed by atoms with Gasteiger partial charge in [0, 0.05) is 28.9 Å². The second-order valence-corrected chi connectivity index (χ2v) is 6.13. The van der Waals surface area contributed by atoms with Crippen molar-refractivity contribution in [3.05, 3.63) is 64.4 Å². The Bertz CT molecular complexity index is 612. The molecule has 0 amide bonds. The molecule has 2 aromatic rings. The SMILES string of the molecule is CCNC(Cc1cccc(Cl)c1)C1CCc2cccnc21. The first-order valence-electron chi connectivity index (χ1n) is 7.69. The minimum atomic E-state index is 0.421. The van der Waals surface area contributed by atoms with Gasteiger partial charge in [-0.2, -0.15) is 0 Å². The fraction of sp³-hybridized carbons (Fsp3) is 0.389. The molecule has 0 saturated heterocycles. The number of likely N-dealkylation sites (N-methyl/N-ethyl adjacent to an activating group) is 1. The minimum Gasteiger partial charge on any atom is -0.313 e. The van der Waals surface area contributed by atoms with Gasteiger partial charge in [-0.15, -0.1) is 0 Å². The fourth-order valence-electron chi connectivity index (χ4n) is 3.37. The van der Waals surface area contributed by atoms with Gasteiger partial charge in [0.25, 0.3) is 0 Å². The van der Waals surface area contributed by atoms with Crippen molar-refractivity contribution < 1.29 is 0 Å². The molecule has 3 rings (SSSR count). The third kappa shape index (κ3) is 3.28. The summed E-state index contributed by atoms with van der Waals surface area (Å²) in [6.45, 7) is 3.14. The van der Waals surface area contributed by atoms with Crippen molar-refractivity contribution >= 4 is 11.6 Å². The van der Waals surface area contributed by atoms with E-state index in [1.807, 2.05) is 24.4 Å². The van der Waals surface area contributed by atoms with E-state index < -0.39 is 0 Å². The Balaban J connectivity index is 1.82. The van der Waals surface area contributed by atoms with Gasteiger partial charge < -0.3 is 5.32 Å². The van der Waals surface area contributed by atoms with Gasteiger partial charge in [0.2, 0.25) is 0 Å². The van der Waals surface area contributed by atoms with Crippen LogP contribution in [-0.4, -0.2) is 17.6 Å². The van der Waals surface area contributed by atoms with Crippen molar-refractivity contribution in [1.29, 1.82) is 0 Å². The van der Waals surface area contributed by atoms with Gasteiger partial charge in [-0.05, 0) is 55.1 Å². The van der Waals surface area contributed by atoms with Crippen LogP contribution in [0.1, 0.15) is 36.1 Å². The number of pyridine rings is 1. The van der Waals surface area contributed by atoms with Crippen LogP contribution >= 0.6 is 11.6 Å². The number of halogens is 1. The third-order valence-corrected chi connectivity index (χ3v) is 4.53. The maximum absolute atomic E-state index is 6.11. The smallest absolute Gasteiger partial charge is 0.0482 e. The number of hydrogen-bond donors (Lipinski definition) is 1. The highest BCUT2D eigenvalue weighted by Crippen LogP contribution is 2.35. The van der Waals surface area contributed by atoms with Gasteiger partial charge in [0.1, 0.15) is 0 Å². The Morgan fingerprint density at radius 1 is 1.33 bits per heavy atom.